The van der Waals surface area contributed by atoms with E-state index >= 15 is 0 Å². The second kappa shape index (κ2) is 8.83. The minimum atomic E-state index is -3.84. The van der Waals surface area contributed by atoms with Crippen LogP contribution < -0.4 is 14.3 Å². The molecule has 0 radical (unpaired) electrons. The van der Waals surface area contributed by atoms with Gasteiger partial charge in [-0.2, -0.15) is 13.5 Å². The number of benzene rings is 3. The first-order chi connectivity index (χ1) is 14.3. The van der Waals surface area contributed by atoms with Gasteiger partial charge < -0.3 is 14.6 Å². The number of nitrogens with one attached hydrogen (secondary N) is 1. The van der Waals surface area contributed by atoms with Gasteiger partial charge in [0, 0.05) is 0 Å². The second-order valence-corrected chi connectivity index (χ2v) is 8.03. The van der Waals surface area contributed by atoms with E-state index in [0.717, 1.165) is 10.8 Å². The summed E-state index contributed by atoms with van der Waals surface area (Å²) in [6, 6.07) is 16.9. The van der Waals surface area contributed by atoms with Crippen LogP contribution in [0.2, 0.25) is 0 Å². The van der Waals surface area contributed by atoms with Crippen LogP contribution in [0.3, 0.4) is 0 Å². The highest BCUT2D eigenvalue weighted by Gasteiger charge is 2.16. The first kappa shape index (κ1) is 21.1. The molecule has 3 aromatic rings. The zero-order valence-corrected chi connectivity index (χ0v) is 17.1. The Labute approximate surface area is 173 Å². The number of hydrogen-bond acceptors (Lipinski definition) is 6. The number of hydrazone groups is 1. The Balaban J connectivity index is 1.75. The molecule has 30 heavy (non-hydrogen) atoms. The van der Waals surface area contributed by atoms with Crippen LogP contribution in [-0.2, 0) is 14.8 Å². The Bertz CT molecular complexity index is 1210. The molecule has 3 rings (SSSR count). The van der Waals surface area contributed by atoms with E-state index in [-0.39, 0.29) is 10.6 Å². The van der Waals surface area contributed by atoms with Gasteiger partial charge in [-0.25, -0.2) is 9.63 Å². The Kier molecular flexibility index (Phi) is 6.22. The van der Waals surface area contributed by atoms with Crippen LogP contribution in [-0.4, -0.2) is 38.9 Å². The molecule has 0 saturated carbocycles. The van der Waals surface area contributed by atoms with E-state index in [0.29, 0.717) is 11.3 Å². The topological polar surface area (TPSA) is 114 Å². The van der Waals surface area contributed by atoms with Gasteiger partial charge in [-0.05, 0) is 53.6 Å². The third-order valence-corrected chi connectivity index (χ3v) is 5.48. The van der Waals surface area contributed by atoms with Gasteiger partial charge in [0.1, 0.15) is 0 Å². The molecule has 0 unspecified atom stereocenters. The highest BCUT2D eigenvalue weighted by molar-refractivity contribution is 7.89. The summed E-state index contributed by atoms with van der Waals surface area (Å²) in [5, 5.41) is 14.5. The van der Waals surface area contributed by atoms with Crippen molar-refractivity contribution in [2.75, 3.05) is 7.11 Å². The number of aliphatic carboxylic acids is 1. The van der Waals surface area contributed by atoms with Gasteiger partial charge in [0.2, 0.25) is 0 Å². The van der Waals surface area contributed by atoms with Crippen LogP contribution in [0.5, 0.6) is 11.5 Å². The van der Waals surface area contributed by atoms with Gasteiger partial charge in [-0.1, -0.05) is 30.3 Å². The number of carboxylic acid groups (broad SMARTS) is 1. The third-order valence-electron chi connectivity index (χ3n) is 4.26. The van der Waals surface area contributed by atoms with Crippen LogP contribution in [0.15, 0.2) is 70.7 Å². The Morgan fingerprint density at radius 3 is 2.50 bits per heavy atom. The number of ether oxygens (including phenoxy) is 2. The molecule has 0 saturated heterocycles. The number of rotatable bonds is 8. The van der Waals surface area contributed by atoms with E-state index in [4.69, 9.17) is 14.6 Å². The van der Waals surface area contributed by atoms with E-state index in [2.05, 4.69) is 9.93 Å². The lowest BCUT2D eigenvalue weighted by Gasteiger charge is -2.14. The van der Waals surface area contributed by atoms with Gasteiger partial charge in [0.25, 0.3) is 10.0 Å². The summed E-state index contributed by atoms with van der Waals surface area (Å²) >= 11 is 0. The Morgan fingerprint density at radius 1 is 1.07 bits per heavy atom. The van der Waals surface area contributed by atoms with E-state index in [1.807, 2.05) is 24.3 Å². The third kappa shape index (κ3) is 4.87. The maximum absolute atomic E-state index is 12.5. The molecule has 0 aromatic heterocycles. The molecule has 0 aliphatic heterocycles. The molecule has 0 aliphatic carbocycles. The van der Waals surface area contributed by atoms with Crippen molar-refractivity contribution in [2.45, 2.75) is 17.9 Å². The molecule has 0 aliphatic rings. The molecular formula is C21H20N2O6S. The van der Waals surface area contributed by atoms with Crippen LogP contribution in [0.25, 0.3) is 10.8 Å². The van der Waals surface area contributed by atoms with Gasteiger partial charge >= 0.3 is 5.97 Å². The van der Waals surface area contributed by atoms with Crippen LogP contribution in [0.4, 0.5) is 0 Å². The van der Waals surface area contributed by atoms with Crippen molar-refractivity contribution in [1.82, 2.24) is 4.83 Å². The van der Waals surface area contributed by atoms with E-state index in [1.165, 1.54) is 32.4 Å². The zero-order valence-electron chi connectivity index (χ0n) is 16.3. The normalized spacial score (nSPS) is 12.6. The summed E-state index contributed by atoms with van der Waals surface area (Å²) in [6.45, 7) is 1.40. The van der Waals surface area contributed by atoms with Crippen LogP contribution in [0, 0.1) is 0 Å². The lowest BCUT2D eigenvalue weighted by Crippen LogP contribution is -2.23. The highest BCUT2D eigenvalue weighted by atomic mass is 32.2. The fourth-order valence-electron chi connectivity index (χ4n) is 2.66. The molecule has 3 aromatic carbocycles. The fourth-order valence-corrected chi connectivity index (χ4v) is 3.49. The van der Waals surface area contributed by atoms with Gasteiger partial charge in [-0.15, -0.1) is 0 Å². The van der Waals surface area contributed by atoms with E-state index in [9.17, 15) is 13.2 Å². The molecule has 156 valence electrons. The molecule has 0 amide bonds. The number of nitrogens with zero attached hydrogens (tertiary/aromatic N) is 1. The molecule has 8 nitrogen and oxygen atoms in total. The minimum absolute atomic E-state index is 0.0994. The van der Waals surface area contributed by atoms with Gasteiger partial charge in [-0.3, -0.25) is 0 Å². The quantitative estimate of drug-likeness (QED) is 0.421. The molecule has 0 fully saturated rings. The molecule has 0 spiro atoms. The Morgan fingerprint density at radius 2 is 1.80 bits per heavy atom. The SMILES string of the molecule is COc1cc(/C=N/NS(=O)(=O)c2ccc3ccccc3c2)ccc1O[C@H](C)C(=O)O. The number of carbonyl (C=O) groups is 1. The molecular weight excluding hydrogens is 408 g/mol. The van der Waals surface area contributed by atoms with E-state index < -0.39 is 22.1 Å². The van der Waals surface area contributed by atoms with Crippen molar-refractivity contribution < 1.29 is 27.8 Å². The maximum atomic E-state index is 12.5. The average molecular weight is 428 g/mol. The standard InChI is InChI=1S/C21H20N2O6S/c1-14(21(24)25)29-19-10-7-15(11-20(19)28-2)13-22-23-30(26,27)18-9-8-16-5-3-4-6-17(16)12-18/h3-14,23H,1-2H3,(H,24,25)/b22-13+/t14-/m1/s1. The monoisotopic (exact) mass is 428 g/mol. The average Bonchev–Trinajstić information content (AvgIpc) is 2.74. The summed E-state index contributed by atoms with van der Waals surface area (Å²) in [4.78, 5) is 13.2. The number of sulfonamides is 1. The number of fused-ring (bicyclic) bond motifs is 1. The smallest absolute Gasteiger partial charge is 0.344 e. The number of methoxy groups -OCH3 is 1. The summed E-state index contributed by atoms with van der Waals surface area (Å²) in [5.74, 6) is -0.559. The number of hydrogen-bond donors (Lipinski definition) is 2. The maximum Gasteiger partial charge on any atom is 0.344 e. The molecule has 0 bridgehead atoms. The van der Waals surface area contributed by atoms with Crippen molar-refractivity contribution in [3.8, 4) is 11.5 Å². The minimum Gasteiger partial charge on any atom is -0.493 e. The summed E-state index contributed by atoms with van der Waals surface area (Å²) in [6.07, 6.45) is 0.262. The largest absolute Gasteiger partial charge is 0.493 e. The molecule has 2 N–H and O–H groups in total. The second-order valence-electron chi connectivity index (χ2n) is 6.37. The summed E-state index contributed by atoms with van der Waals surface area (Å²) in [7, 11) is -2.43. The van der Waals surface area contributed by atoms with E-state index in [1.54, 1.807) is 24.3 Å². The number of carboxylic acids is 1. The fraction of sp³-hybridized carbons (Fsp3) is 0.143. The van der Waals surface area contributed by atoms with Crippen molar-refractivity contribution in [2.24, 2.45) is 5.10 Å². The van der Waals surface area contributed by atoms with Crippen LogP contribution in [0.1, 0.15) is 12.5 Å². The predicted molar refractivity (Wildman–Crippen MR) is 113 cm³/mol. The van der Waals surface area contributed by atoms with Crippen molar-refractivity contribution in [3.05, 3.63) is 66.2 Å². The first-order valence-corrected chi connectivity index (χ1v) is 10.4. The predicted octanol–water partition coefficient (Wildman–Crippen LogP) is 3.01. The molecule has 1 atom stereocenters. The van der Waals surface area contributed by atoms with Crippen LogP contribution >= 0.6 is 0 Å². The molecule has 9 heteroatoms. The highest BCUT2D eigenvalue weighted by Crippen LogP contribution is 2.28. The zero-order chi connectivity index (χ0) is 21.7. The van der Waals surface area contributed by atoms with Crippen molar-refractivity contribution in [1.29, 1.82) is 0 Å². The van der Waals surface area contributed by atoms with Crippen molar-refractivity contribution >= 4 is 33.0 Å². The summed E-state index contributed by atoms with van der Waals surface area (Å²) < 4.78 is 35.5. The van der Waals surface area contributed by atoms with Gasteiger partial charge in [0.15, 0.2) is 17.6 Å². The Hall–Kier alpha value is -3.59. The van der Waals surface area contributed by atoms with Gasteiger partial charge in [0.05, 0.1) is 18.2 Å². The lowest BCUT2D eigenvalue weighted by molar-refractivity contribution is -0.144. The first-order valence-electron chi connectivity index (χ1n) is 8.91. The molecule has 0 heterocycles. The summed E-state index contributed by atoms with van der Waals surface area (Å²) in [5.41, 5.74) is 0.531. The van der Waals surface area contributed by atoms with Crippen molar-refractivity contribution in [3.63, 3.8) is 0 Å². The lowest BCUT2D eigenvalue weighted by atomic mass is 10.1.